The number of hydrogen-bond donors (Lipinski definition) is 1. The molecule has 1 aromatic rings. The molecular weight excluding hydrogens is 375 g/mol. The zero-order valence-electron chi connectivity index (χ0n) is 15.7. The van der Waals surface area contributed by atoms with Gasteiger partial charge in [-0.15, -0.1) is 0 Å². The van der Waals surface area contributed by atoms with Crippen LogP contribution >= 0.6 is 11.3 Å². The molecule has 2 unspecified atom stereocenters. The summed E-state index contributed by atoms with van der Waals surface area (Å²) in [4.78, 5) is 7.81. The van der Waals surface area contributed by atoms with E-state index in [9.17, 15) is 13.2 Å². The van der Waals surface area contributed by atoms with Crippen LogP contribution in [0.4, 0.5) is 13.2 Å². The second-order valence-corrected chi connectivity index (χ2v) is 9.33. The summed E-state index contributed by atoms with van der Waals surface area (Å²) in [7, 11) is 2.08. The first-order valence-corrected chi connectivity index (χ1v) is 10.8. The molecule has 8 heteroatoms. The number of ether oxygens (including phenoxy) is 1. The van der Waals surface area contributed by atoms with Crippen molar-refractivity contribution in [2.45, 2.75) is 57.3 Å². The fourth-order valence-corrected chi connectivity index (χ4v) is 6.22. The molecule has 3 aliphatic rings. The Hall–Kier alpha value is -0.860. The van der Waals surface area contributed by atoms with Crippen LogP contribution in [-0.2, 0) is 13.0 Å². The highest BCUT2D eigenvalue weighted by Gasteiger charge is 2.42. The Morgan fingerprint density at radius 3 is 2.67 bits per heavy atom. The molecule has 1 aromatic heterocycles. The fourth-order valence-electron chi connectivity index (χ4n) is 5.32. The summed E-state index contributed by atoms with van der Waals surface area (Å²) in [6.45, 7) is 1.51. The Kier molecular flexibility index (Phi) is 5.67. The Labute approximate surface area is 162 Å². The van der Waals surface area contributed by atoms with Gasteiger partial charge in [-0.3, -0.25) is 4.90 Å². The van der Waals surface area contributed by atoms with Gasteiger partial charge in [0.15, 0.2) is 6.61 Å². The van der Waals surface area contributed by atoms with Crippen molar-refractivity contribution in [1.82, 2.24) is 15.2 Å². The number of alkyl halides is 3. The third-order valence-corrected chi connectivity index (χ3v) is 7.70. The standard InChI is InChI=1S/C19H28F3N3OS/c1-23-14-8-12-2-3-13(9-14)15(12)4-6-25-7-5-17-16(10-25)24-18(27-17)26-11-19(20,21)22/h12-15,23H,2-11H2,1H3. The number of nitrogens with zero attached hydrogens (tertiary/aromatic N) is 2. The summed E-state index contributed by atoms with van der Waals surface area (Å²) in [5.74, 6) is 2.57. The van der Waals surface area contributed by atoms with Gasteiger partial charge in [0.1, 0.15) is 0 Å². The predicted octanol–water partition coefficient (Wildman–Crippen LogP) is 3.86. The molecule has 0 spiro atoms. The Morgan fingerprint density at radius 1 is 1.26 bits per heavy atom. The van der Waals surface area contributed by atoms with Gasteiger partial charge in [0.2, 0.25) is 0 Å². The number of fused-ring (bicyclic) bond motifs is 3. The van der Waals surface area contributed by atoms with Crippen LogP contribution in [0.2, 0.25) is 0 Å². The number of nitrogens with one attached hydrogen (secondary N) is 1. The van der Waals surface area contributed by atoms with E-state index < -0.39 is 12.8 Å². The second-order valence-electron chi connectivity index (χ2n) is 8.29. The van der Waals surface area contributed by atoms with Crippen LogP contribution < -0.4 is 10.1 Å². The average Bonchev–Trinajstić information content (AvgIpc) is 3.14. The average molecular weight is 404 g/mol. The molecule has 1 aliphatic heterocycles. The smallest absolute Gasteiger partial charge is 0.422 e. The number of halogens is 3. The molecule has 27 heavy (non-hydrogen) atoms. The summed E-state index contributed by atoms with van der Waals surface area (Å²) in [5, 5.41) is 3.62. The summed E-state index contributed by atoms with van der Waals surface area (Å²) >= 11 is 1.27. The normalized spacial score (nSPS) is 31.1. The quantitative estimate of drug-likeness (QED) is 0.783. The van der Waals surface area contributed by atoms with Crippen LogP contribution in [0.3, 0.4) is 0 Å². The van der Waals surface area contributed by atoms with E-state index in [4.69, 9.17) is 4.74 Å². The molecule has 152 valence electrons. The minimum atomic E-state index is -4.32. The van der Waals surface area contributed by atoms with Crippen LogP contribution in [-0.4, -0.2) is 48.8 Å². The maximum atomic E-state index is 12.3. The van der Waals surface area contributed by atoms with Crippen LogP contribution in [0.1, 0.15) is 42.7 Å². The highest BCUT2D eigenvalue weighted by Crippen LogP contribution is 2.48. The first-order valence-electron chi connectivity index (χ1n) is 9.99. The second kappa shape index (κ2) is 7.87. The molecule has 2 aliphatic carbocycles. The Morgan fingerprint density at radius 2 is 2.00 bits per heavy atom. The van der Waals surface area contributed by atoms with Crippen LogP contribution in [0.25, 0.3) is 0 Å². The van der Waals surface area contributed by atoms with Crippen LogP contribution in [0.5, 0.6) is 5.19 Å². The van der Waals surface area contributed by atoms with E-state index in [2.05, 4.69) is 22.2 Å². The molecular formula is C19H28F3N3OS. The van der Waals surface area contributed by atoms with Crippen molar-refractivity contribution in [2.75, 3.05) is 26.7 Å². The van der Waals surface area contributed by atoms with Crippen molar-refractivity contribution in [3.8, 4) is 5.19 Å². The zero-order chi connectivity index (χ0) is 19.0. The lowest BCUT2D eigenvalue weighted by Crippen LogP contribution is -2.39. The third-order valence-electron chi connectivity index (χ3n) is 6.63. The minimum absolute atomic E-state index is 0.155. The summed E-state index contributed by atoms with van der Waals surface area (Å²) < 4.78 is 41.8. The van der Waals surface area contributed by atoms with Crippen molar-refractivity contribution in [3.63, 3.8) is 0 Å². The van der Waals surface area contributed by atoms with E-state index in [1.165, 1.54) is 43.4 Å². The molecule has 0 radical (unpaired) electrons. The van der Waals surface area contributed by atoms with Gasteiger partial charge in [0.25, 0.3) is 5.19 Å². The predicted molar refractivity (Wildman–Crippen MR) is 99.0 cm³/mol. The molecule has 4 nitrogen and oxygen atoms in total. The Balaban J connectivity index is 1.28. The van der Waals surface area contributed by atoms with Gasteiger partial charge < -0.3 is 10.1 Å². The largest absolute Gasteiger partial charge is 0.460 e. The van der Waals surface area contributed by atoms with Gasteiger partial charge in [-0.2, -0.15) is 13.2 Å². The van der Waals surface area contributed by atoms with Gasteiger partial charge in [0, 0.05) is 24.0 Å². The van der Waals surface area contributed by atoms with Gasteiger partial charge in [-0.1, -0.05) is 11.3 Å². The highest BCUT2D eigenvalue weighted by molar-refractivity contribution is 7.13. The van der Waals surface area contributed by atoms with Crippen molar-refractivity contribution in [2.24, 2.45) is 17.8 Å². The van der Waals surface area contributed by atoms with Gasteiger partial charge in [-0.25, -0.2) is 4.98 Å². The molecule has 2 atom stereocenters. The number of aromatic nitrogens is 1. The van der Waals surface area contributed by atoms with E-state index in [-0.39, 0.29) is 5.19 Å². The first-order chi connectivity index (χ1) is 12.9. The van der Waals surface area contributed by atoms with Crippen molar-refractivity contribution in [3.05, 3.63) is 10.6 Å². The topological polar surface area (TPSA) is 37.4 Å². The molecule has 0 saturated heterocycles. The minimum Gasteiger partial charge on any atom is -0.460 e. The van der Waals surface area contributed by atoms with Crippen molar-refractivity contribution >= 4 is 11.3 Å². The van der Waals surface area contributed by atoms with E-state index in [1.54, 1.807) is 0 Å². The lowest BCUT2D eigenvalue weighted by molar-refractivity contribution is -0.153. The third kappa shape index (κ3) is 4.59. The van der Waals surface area contributed by atoms with Gasteiger partial charge >= 0.3 is 6.18 Å². The van der Waals surface area contributed by atoms with Crippen LogP contribution in [0.15, 0.2) is 0 Å². The molecule has 4 rings (SSSR count). The molecule has 2 heterocycles. The maximum Gasteiger partial charge on any atom is 0.422 e. The number of hydrogen-bond acceptors (Lipinski definition) is 5. The van der Waals surface area contributed by atoms with Crippen LogP contribution in [0, 0.1) is 17.8 Å². The van der Waals surface area contributed by atoms with E-state index in [0.717, 1.165) is 54.4 Å². The molecule has 0 aromatic carbocycles. The molecule has 1 N–H and O–H groups in total. The summed E-state index contributed by atoms with van der Waals surface area (Å²) in [6.07, 6.45) is 3.17. The van der Waals surface area contributed by atoms with Gasteiger partial charge in [-0.05, 0) is 69.9 Å². The summed E-state index contributed by atoms with van der Waals surface area (Å²) in [6, 6.07) is 0.696. The lowest BCUT2D eigenvalue weighted by atomic mass is 9.74. The molecule has 2 fully saturated rings. The Bertz CT molecular complexity index is 637. The first kappa shape index (κ1) is 19.5. The monoisotopic (exact) mass is 403 g/mol. The van der Waals surface area contributed by atoms with E-state index >= 15 is 0 Å². The number of rotatable bonds is 6. The molecule has 2 bridgehead atoms. The van der Waals surface area contributed by atoms with E-state index in [1.807, 2.05) is 0 Å². The molecule has 0 amide bonds. The maximum absolute atomic E-state index is 12.3. The SMILES string of the molecule is CNC1CC2CCC(C1)C2CCN1CCc2sc(OCC(F)(F)F)nc2C1. The summed E-state index contributed by atoms with van der Waals surface area (Å²) in [5.41, 5.74) is 0.908. The number of thiazole rings is 1. The van der Waals surface area contributed by atoms with Crippen molar-refractivity contribution < 1.29 is 17.9 Å². The highest BCUT2D eigenvalue weighted by atomic mass is 32.1. The van der Waals surface area contributed by atoms with E-state index in [0.29, 0.717) is 6.04 Å². The zero-order valence-corrected chi connectivity index (χ0v) is 16.5. The fraction of sp³-hybridized carbons (Fsp3) is 0.842. The lowest BCUT2D eigenvalue weighted by Gasteiger charge is -2.37. The van der Waals surface area contributed by atoms with Crippen molar-refractivity contribution in [1.29, 1.82) is 0 Å². The molecule has 2 saturated carbocycles. The van der Waals surface area contributed by atoms with Gasteiger partial charge in [0.05, 0.1) is 5.69 Å².